The lowest BCUT2D eigenvalue weighted by Gasteiger charge is -2.25. The Labute approximate surface area is 247 Å². The zero-order valence-corrected chi connectivity index (χ0v) is 25.4. The third-order valence-electron chi connectivity index (χ3n) is 7.18. The highest BCUT2D eigenvalue weighted by Gasteiger charge is 2.28. The van der Waals surface area contributed by atoms with Crippen molar-refractivity contribution in [3.05, 3.63) is 108 Å². The Morgan fingerprint density at radius 1 is 0.878 bits per heavy atom. The number of aromatic nitrogens is 3. The SMILES string of the molecule is CCC(C)(O)Cc1c(SC(C)(C)C)c2cc(OCc3ccccn3)ccc2n1Cc1ccc(-c2ccccn2)cc1. The summed E-state index contributed by atoms with van der Waals surface area (Å²) in [5.74, 6) is 0.810. The predicted molar refractivity (Wildman–Crippen MR) is 170 cm³/mol. The van der Waals surface area contributed by atoms with E-state index in [1.54, 1.807) is 6.20 Å². The highest BCUT2D eigenvalue weighted by atomic mass is 32.2. The van der Waals surface area contributed by atoms with Crippen LogP contribution < -0.4 is 4.74 Å². The zero-order valence-electron chi connectivity index (χ0n) is 24.6. The molecular formula is C35H39N3O2S. The molecule has 41 heavy (non-hydrogen) atoms. The van der Waals surface area contributed by atoms with Gasteiger partial charge in [-0.05, 0) is 61.4 Å². The Morgan fingerprint density at radius 3 is 2.24 bits per heavy atom. The summed E-state index contributed by atoms with van der Waals surface area (Å²) >= 11 is 1.85. The van der Waals surface area contributed by atoms with E-state index in [-0.39, 0.29) is 4.75 Å². The van der Waals surface area contributed by atoms with E-state index in [0.717, 1.165) is 39.3 Å². The Hall–Kier alpha value is -3.61. The summed E-state index contributed by atoms with van der Waals surface area (Å²) in [5.41, 5.74) is 5.62. The number of pyridine rings is 2. The molecule has 0 aliphatic carbocycles. The molecule has 3 aromatic heterocycles. The first kappa shape index (κ1) is 28.9. The van der Waals surface area contributed by atoms with Crippen molar-refractivity contribution in [2.24, 2.45) is 0 Å². The summed E-state index contributed by atoms with van der Waals surface area (Å²) < 4.78 is 8.56. The van der Waals surface area contributed by atoms with Gasteiger partial charge in [-0.1, -0.05) is 64.1 Å². The second-order valence-corrected chi connectivity index (χ2v) is 13.6. The molecule has 0 bridgehead atoms. The number of hydrogen-bond donors (Lipinski definition) is 1. The normalized spacial score (nSPS) is 13.3. The molecule has 0 spiro atoms. The van der Waals surface area contributed by atoms with Crippen LogP contribution in [0.5, 0.6) is 5.75 Å². The minimum Gasteiger partial charge on any atom is -0.487 e. The van der Waals surface area contributed by atoms with E-state index in [4.69, 9.17) is 4.74 Å². The van der Waals surface area contributed by atoms with Gasteiger partial charge < -0.3 is 14.4 Å². The van der Waals surface area contributed by atoms with Crippen LogP contribution in [0.25, 0.3) is 22.2 Å². The maximum absolute atomic E-state index is 11.3. The van der Waals surface area contributed by atoms with Gasteiger partial charge in [0, 0.05) is 57.2 Å². The lowest BCUT2D eigenvalue weighted by Crippen LogP contribution is -2.28. The van der Waals surface area contributed by atoms with Crippen LogP contribution in [0, 0.1) is 0 Å². The van der Waals surface area contributed by atoms with E-state index in [9.17, 15) is 5.11 Å². The Morgan fingerprint density at radius 2 is 1.61 bits per heavy atom. The summed E-state index contributed by atoms with van der Waals surface area (Å²) in [4.78, 5) is 10.1. The van der Waals surface area contributed by atoms with Gasteiger partial charge in [-0.2, -0.15) is 0 Å². The van der Waals surface area contributed by atoms with E-state index in [0.29, 0.717) is 26.0 Å². The van der Waals surface area contributed by atoms with Gasteiger partial charge >= 0.3 is 0 Å². The van der Waals surface area contributed by atoms with E-state index >= 15 is 0 Å². The number of benzene rings is 2. The monoisotopic (exact) mass is 565 g/mol. The smallest absolute Gasteiger partial charge is 0.130 e. The van der Waals surface area contributed by atoms with Crippen molar-refractivity contribution < 1.29 is 9.84 Å². The number of thioether (sulfide) groups is 1. The van der Waals surface area contributed by atoms with Gasteiger partial charge in [-0.15, -0.1) is 11.8 Å². The molecular weight excluding hydrogens is 526 g/mol. The van der Waals surface area contributed by atoms with Crippen LogP contribution in [0.15, 0.2) is 96.2 Å². The van der Waals surface area contributed by atoms with Crippen molar-refractivity contribution >= 4 is 22.7 Å². The van der Waals surface area contributed by atoms with Gasteiger partial charge in [0.25, 0.3) is 0 Å². The molecule has 0 fully saturated rings. The van der Waals surface area contributed by atoms with Gasteiger partial charge in [0.2, 0.25) is 0 Å². The molecule has 1 N–H and O–H groups in total. The van der Waals surface area contributed by atoms with E-state index in [1.807, 2.05) is 74.3 Å². The molecule has 5 nitrogen and oxygen atoms in total. The largest absolute Gasteiger partial charge is 0.487 e. The molecule has 0 saturated carbocycles. The van der Waals surface area contributed by atoms with E-state index in [2.05, 4.69) is 71.7 Å². The molecule has 5 aromatic rings. The average molecular weight is 566 g/mol. The van der Waals surface area contributed by atoms with Crippen LogP contribution in [0.2, 0.25) is 0 Å². The molecule has 2 aromatic carbocycles. The fourth-order valence-corrected chi connectivity index (χ4v) is 6.03. The number of ether oxygens (including phenoxy) is 1. The lowest BCUT2D eigenvalue weighted by molar-refractivity contribution is 0.0541. The maximum atomic E-state index is 11.3. The first-order valence-electron chi connectivity index (χ1n) is 14.2. The van der Waals surface area contributed by atoms with Crippen LogP contribution >= 0.6 is 11.8 Å². The van der Waals surface area contributed by atoms with Crippen molar-refractivity contribution in [3.63, 3.8) is 0 Å². The Kier molecular flexibility index (Phi) is 8.52. The predicted octanol–water partition coefficient (Wildman–Crippen LogP) is 8.32. The summed E-state index contributed by atoms with van der Waals surface area (Å²) in [7, 11) is 0. The first-order valence-corrected chi connectivity index (χ1v) is 15.0. The van der Waals surface area contributed by atoms with Crippen LogP contribution in [0.3, 0.4) is 0 Å². The summed E-state index contributed by atoms with van der Waals surface area (Å²) in [6.45, 7) is 11.8. The summed E-state index contributed by atoms with van der Waals surface area (Å²) in [6, 6.07) is 26.8. The van der Waals surface area contributed by atoms with Gasteiger partial charge in [-0.3, -0.25) is 9.97 Å². The van der Waals surface area contributed by atoms with Crippen LogP contribution in [-0.4, -0.2) is 30.0 Å². The van der Waals surface area contributed by atoms with Gasteiger partial charge in [0.05, 0.1) is 17.0 Å². The molecule has 0 aliphatic rings. The number of aliphatic hydroxyl groups is 1. The Bertz CT molecular complexity index is 1590. The fourth-order valence-electron chi connectivity index (χ4n) is 4.85. The summed E-state index contributed by atoms with van der Waals surface area (Å²) in [6.07, 6.45) is 4.84. The second-order valence-electron chi connectivity index (χ2n) is 11.8. The van der Waals surface area contributed by atoms with Crippen molar-refractivity contribution in [1.82, 2.24) is 14.5 Å². The van der Waals surface area contributed by atoms with Crippen LogP contribution in [-0.2, 0) is 19.6 Å². The fraction of sp³-hybridized carbons (Fsp3) is 0.314. The molecule has 0 amide bonds. The van der Waals surface area contributed by atoms with E-state index < -0.39 is 5.60 Å². The van der Waals surface area contributed by atoms with Crippen molar-refractivity contribution in [2.75, 3.05) is 0 Å². The minimum atomic E-state index is -0.819. The average Bonchev–Trinajstić information content (AvgIpc) is 3.22. The van der Waals surface area contributed by atoms with Gasteiger partial charge in [-0.25, -0.2) is 0 Å². The van der Waals surface area contributed by atoms with Crippen LogP contribution in [0.4, 0.5) is 0 Å². The molecule has 0 radical (unpaired) electrons. The molecule has 3 heterocycles. The standard InChI is InChI=1S/C35H39N3O2S/c1-6-35(5,39)22-32-33(41-34(2,3)4)29-21-28(40-24-27-11-7-9-19-36-27)17-18-31(29)38(32)23-25-13-15-26(16-14-25)30-12-8-10-20-37-30/h7-21,39H,6,22-24H2,1-5H3. The second kappa shape index (κ2) is 12.1. The highest BCUT2D eigenvalue weighted by Crippen LogP contribution is 2.43. The lowest BCUT2D eigenvalue weighted by atomic mass is 9.97. The Balaban J connectivity index is 1.57. The zero-order chi connectivity index (χ0) is 29.0. The number of fused-ring (bicyclic) bond motifs is 1. The number of rotatable bonds is 10. The van der Waals surface area contributed by atoms with Crippen molar-refractivity contribution in [3.8, 4) is 17.0 Å². The molecule has 1 atom stereocenters. The molecule has 5 rings (SSSR count). The third kappa shape index (κ3) is 7.19. The quantitative estimate of drug-likeness (QED) is 0.173. The molecule has 0 saturated heterocycles. The van der Waals surface area contributed by atoms with Crippen LogP contribution in [0.1, 0.15) is 58.0 Å². The van der Waals surface area contributed by atoms with E-state index in [1.165, 1.54) is 10.5 Å². The number of nitrogens with zero attached hydrogens (tertiary/aromatic N) is 3. The summed E-state index contributed by atoms with van der Waals surface area (Å²) in [5, 5.41) is 12.4. The molecule has 1 unspecified atom stereocenters. The van der Waals surface area contributed by atoms with Crippen molar-refractivity contribution in [2.45, 2.75) is 75.9 Å². The maximum Gasteiger partial charge on any atom is 0.130 e. The minimum absolute atomic E-state index is 0.0128. The number of hydrogen-bond acceptors (Lipinski definition) is 5. The first-order chi connectivity index (χ1) is 19.6. The molecule has 212 valence electrons. The highest BCUT2D eigenvalue weighted by molar-refractivity contribution is 8.00. The third-order valence-corrected chi connectivity index (χ3v) is 8.45. The van der Waals surface area contributed by atoms with Crippen molar-refractivity contribution in [1.29, 1.82) is 0 Å². The molecule has 0 aliphatic heterocycles. The molecule has 6 heteroatoms. The topological polar surface area (TPSA) is 60.2 Å². The van der Waals surface area contributed by atoms with Gasteiger partial charge in [0.1, 0.15) is 12.4 Å². The van der Waals surface area contributed by atoms with Gasteiger partial charge in [0.15, 0.2) is 0 Å².